The van der Waals surface area contributed by atoms with Gasteiger partial charge in [-0.2, -0.15) is 0 Å². The van der Waals surface area contributed by atoms with E-state index in [-0.39, 0.29) is 11.6 Å². The number of carbonyl (C=O) groups is 1. The monoisotopic (exact) mass is 350 g/mol. The highest BCUT2D eigenvalue weighted by Gasteiger charge is 2.25. The predicted molar refractivity (Wildman–Crippen MR) is 87.1 cm³/mol. The fraction of sp³-hybridized carbons (Fsp3) is 0.188. The molecule has 0 saturated heterocycles. The molecule has 1 heterocycles. The van der Waals surface area contributed by atoms with Crippen molar-refractivity contribution in [2.24, 2.45) is 0 Å². The minimum absolute atomic E-state index is 0.188. The normalized spacial score (nSPS) is 16.8. The van der Waals surface area contributed by atoms with Crippen molar-refractivity contribution in [1.29, 1.82) is 0 Å². The Kier molecular flexibility index (Phi) is 3.92. The Morgan fingerprint density at radius 3 is 2.71 bits per heavy atom. The molecule has 0 saturated carbocycles. The second-order valence-electron chi connectivity index (χ2n) is 5.50. The zero-order valence-electron chi connectivity index (χ0n) is 13.0. The Hall–Kier alpha value is -2.61. The summed E-state index contributed by atoms with van der Waals surface area (Å²) in [6, 6.07) is 8.28. The molecule has 0 bridgehead atoms. The molecule has 1 atom stereocenters. The number of aryl methyl sites for hydroxylation is 1. The van der Waals surface area contributed by atoms with Crippen LogP contribution >= 0.6 is 0 Å². The summed E-state index contributed by atoms with van der Waals surface area (Å²) in [6.45, 7) is 3.28. The van der Waals surface area contributed by atoms with Gasteiger partial charge in [-0.05, 0) is 49.7 Å². The zero-order chi connectivity index (χ0) is 17.5. The Bertz CT molecular complexity index is 928. The maximum Gasteiger partial charge on any atom is 0.265 e. The molecule has 0 radical (unpaired) electrons. The zero-order valence-corrected chi connectivity index (χ0v) is 13.8. The van der Waals surface area contributed by atoms with Crippen LogP contribution in [-0.2, 0) is 14.8 Å². The lowest BCUT2D eigenvalue weighted by Crippen LogP contribution is -2.34. The van der Waals surface area contributed by atoms with E-state index in [1.165, 1.54) is 30.3 Å². The Balaban J connectivity index is 1.92. The summed E-state index contributed by atoms with van der Waals surface area (Å²) in [5.74, 6) is -0.726. The Labute approximate surface area is 138 Å². The molecule has 1 aliphatic rings. The first kappa shape index (κ1) is 16.3. The molecule has 0 aliphatic carbocycles. The lowest BCUT2D eigenvalue weighted by molar-refractivity contribution is -0.122. The number of sulfonamides is 1. The molecule has 0 fully saturated rings. The van der Waals surface area contributed by atoms with Crippen LogP contribution in [0, 0.1) is 12.7 Å². The molecule has 6 nitrogen and oxygen atoms in total. The number of halogens is 1. The molecule has 24 heavy (non-hydrogen) atoms. The van der Waals surface area contributed by atoms with E-state index < -0.39 is 26.8 Å². The van der Waals surface area contributed by atoms with E-state index in [9.17, 15) is 17.6 Å². The molecule has 1 aliphatic heterocycles. The molecular weight excluding hydrogens is 335 g/mol. The van der Waals surface area contributed by atoms with Gasteiger partial charge < -0.3 is 10.1 Å². The number of amides is 1. The van der Waals surface area contributed by atoms with Crippen molar-refractivity contribution >= 4 is 27.3 Å². The highest BCUT2D eigenvalue weighted by Crippen LogP contribution is 2.33. The second kappa shape index (κ2) is 5.79. The van der Waals surface area contributed by atoms with Gasteiger partial charge in [0.1, 0.15) is 16.5 Å². The number of nitrogens with one attached hydrogen (secondary N) is 2. The van der Waals surface area contributed by atoms with Gasteiger partial charge in [-0.3, -0.25) is 9.52 Å². The minimum Gasteiger partial charge on any atom is -0.479 e. The van der Waals surface area contributed by atoms with Gasteiger partial charge in [-0.25, -0.2) is 12.8 Å². The molecule has 3 rings (SSSR count). The van der Waals surface area contributed by atoms with Gasteiger partial charge in [0, 0.05) is 0 Å². The highest BCUT2D eigenvalue weighted by atomic mass is 32.2. The minimum atomic E-state index is -4.10. The molecule has 0 spiro atoms. The topological polar surface area (TPSA) is 84.5 Å². The van der Waals surface area contributed by atoms with Crippen LogP contribution in [-0.4, -0.2) is 20.4 Å². The van der Waals surface area contributed by atoms with E-state index in [1.54, 1.807) is 13.8 Å². The molecule has 2 aromatic carbocycles. The number of hydrogen-bond donors (Lipinski definition) is 2. The van der Waals surface area contributed by atoms with E-state index in [0.717, 1.165) is 6.07 Å². The fourth-order valence-electron chi connectivity index (χ4n) is 2.30. The van der Waals surface area contributed by atoms with Crippen LogP contribution in [0.3, 0.4) is 0 Å². The summed E-state index contributed by atoms with van der Waals surface area (Å²) >= 11 is 0. The number of benzene rings is 2. The van der Waals surface area contributed by atoms with Crippen molar-refractivity contribution in [1.82, 2.24) is 0 Å². The van der Waals surface area contributed by atoms with Crippen LogP contribution in [0.4, 0.5) is 15.8 Å². The third-order valence-corrected chi connectivity index (χ3v) is 4.94. The molecule has 8 heteroatoms. The predicted octanol–water partition coefficient (Wildman–Crippen LogP) is 2.65. The SMILES string of the molecule is Cc1ccc(F)c(S(=O)(=O)Nc2ccc3c(c2)NC(=O)C(C)O3)c1. The van der Waals surface area contributed by atoms with Crippen molar-refractivity contribution < 1.29 is 22.3 Å². The van der Waals surface area contributed by atoms with Gasteiger partial charge in [0.2, 0.25) is 0 Å². The maximum atomic E-state index is 13.8. The summed E-state index contributed by atoms with van der Waals surface area (Å²) in [6.07, 6.45) is -0.624. The fourth-order valence-corrected chi connectivity index (χ4v) is 3.51. The Morgan fingerprint density at radius 2 is 1.96 bits per heavy atom. The standard InChI is InChI=1S/C16H15FN2O4S/c1-9-3-5-12(17)15(7-9)24(21,22)19-11-4-6-14-13(8-11)18-16(20)10(2)23-14/h3-8,10,19H,1-2H3,(H,18,20). The van der Waals surface area contributed by atoms with E-state index in [2.05, 4.69) is 10.0 Å². The first-order valence-electron chi connectivity index (χ1n) is 7.17. The molecule has 1 unspecified atom stereocenters. The molecule has 0 aromatic heterocycles. The first-order chi connectivity index (χ1) is 11.3. The highest BCUT2D eigenvalue weighted by molar-refractivity contribution is 7.92. The number of fused-ring (bicyclic) bond motifs is 1. The lowest BCUT2D eigenvalue weighted by Gasteiger charge is -2.23. The van der Waals surface area contributed by atoms with Crippen LogP contribution < -0.4 is 14.8 Å². The van der Waals surface area contributed by atoms with E-state index in [4.69, 9.17) is 4.74 Å². The van der Waals surface area contributed by atoms with Gasteiger partial charge in [0.15, 0.2) is 6.10 Å². The molecule has 1 amide bonds. The summed E-state index contributed by atoms with van der Waals surface area (Å²) < 4.78 is 46.3. The average molecular weight is 350 g/mol. The summed E-state index contributed by atoms with van der Waals surface area (Å²) in [4.78, 5) is 11.2. The van der Waals surface area contributed by atoms with Gasteiger partial charge in [0.25, 0.3) is 15.9 Å². The van der Waals surface area contributed by atoms with Crippen LogP contribution in [0.5, 0.6) is 5.75 Å². The van der Waals surface area contributed by atoms with E-state index >= 15 is 0 Å². The number of anilines is 2. The van der Waals surface area contributed by atoms with Gasteiger partial charge in [-0.15, -0.1) is 0 Å². The van der Waals surface area contributed by atoms with Gasteiger partial charge >= 0.3 is 0 Å². The molecule has 2 aromatic rings. The smallest absolute Gasteiger partial charge is 0.265 e. The van der Waals surface area contributed by atoms with E-state index in [1.807, 2.05) is 0 Å². The summed E-state index contributed by atoms with van der Waals surface area (Å²) in [5, 5.41) is 2.62. The quantitative estimate of drug-likeness (QED) is 0.891. The summed E-state index contributed by atoms with van der Waals surface area (Å²) in [5.41, 5.74) is 1.16. The lowest BCUT2D eigenvalue weighted by atomic mass is 10.2. The van der Waals surface area contributed by atoms with Crippen molar-refractivity contribution in [3.05, 3.63) is 47.8 Å². The van der Waals surface area contributed by atoms with Gasteiger partial charge in [0.05, 0.1) is 11.4 Å². The summed E-state index contributed by atoms with van der Waals surface area (Å²) in [7, 11) is -4.10. The molecular formula is C16H15FN2O4S. The van der Waals surface area contributed by atoms with Crippen molar-refractivity contribution in [3.8, 4) is 5.75 Å². The van der Waals surface area contributed by atoms with E-state index in [0.29, 0.717) is 17.0 Å². The Morgan fingerprint density at radius 1 is 1.21 bits per heavy atom. The number of carbonyl (C=O) groups excluding carboxylic acids is 1. The van der Waals surface area contributed by atoms with Crippen LogP contribution in [0.1, 0.15) is 12.5 Å². The third kappa shape index (κ3) is 3.05. The number of rotatable bonds is 3. The molecule has 2 N–H and O–H groups in total. The molecule has 126 valence electrons. The largest absolute Gasteiger partial charge is 0.479 e. The number of ether oxygens (including phenoxy) is 1. The van der Waals surface area contributed by atoms with Crippen molar-refractivity contribution in [3.63, 3.8) is 0 Å². The maximum absolute atomic E-state index is 13.8. The van der Waals surface area contributed by atoms with Crippen LogP contribution in [0.2, 0.25) is 0 Å². The van der Waals surface area contributed by atoms with Gasteiger partial charge in [-0.1, -0.05) is 6.07 Å². The average Bonchev–Trinajstić information content (AvgIpc) is 2.50. The van der Waals surface area contributed by atoms with Crippen LogP contribution in [0.15, 0.2) is 41.3 Å². The number of hydrogen-bond acceptors (Lipinski definition) is 4. The second-order valence-corrected chi connectivity index (χ2v) is 7.15. The van der Waals surface area contributed by atoms with Crippen molar-refractivity contribution in [2.75, 3.05) is 10.0 Å². The third-order valence-electron chi connectivity index (χ3n) is 3.54. The van der Waals surface area contributed by atoms with Crippen molar-refractivity contribution in [2.45, 2.75) is 24.8 Å². The first-order valence-corrected chi connectivity index (χ1v) is 8.65. The van der Waals surface area contributed by atoms with Crippen LogP contribution in [0.25, 0.3) is 0 Å².